The summed E-state index contributed by atoms with van der Waals surface area (Å²) in [6.45, 7) is 3.74. The van der Waals surface area contributed by atoms with Crippen LogP contribution in [0.4, 0.5) is 0 Å². The highest BCUT2D eigenvalue weighted by molar-refractivity contribution is 9.10. The van der Waals surface area contributed by atoms with Gasteiger partial charge in [0.25, 0.3) is 5.56 Å². The Morgan fingerprint density at radius 2 is 1.58 bits per heavy atom. The molecule has 2 aromatic heterocycles. The van der Waals surface area contributed by atoms with Gasteiger partial charge < -0.3 is 9.30 Å². The summed E-state index contributed by atoms with van der Waals surface area (Å²) in [6.07, 6.45) is 1.94. The van der Waals surface area contributed by atoms with Crippen molar-refractivity contribution in [1.82, 2.24) is 9.13 Å². The lowest BCUT2D eigenvalue weighted by atomic mass is 9.96. The lowest BCUT2D eigenvalue weighted by molar-refractivity contribution is -0.139. The highest BCUT2D eigenvalue weighted by Gasteiger charge is 2.33. The summed E-state index contributed by atoms with van der Waals surface area (Å²) >= 11 is 11.1. The van der Waals surface area contributed by atoms with E-state index in [9.17, 15) is 9.59 Å². The normalized spacial score (nSPS) is 14.5. The molecule has 0 N–H and O–H groups in total. The van der Waals surface area contributed by atoms with Gasteiger partial charge in [-0.3, -0.25) is 9.36 Å². The molecule has 9 heteroatoms. The summed E-state index contributed by atoms with van der Waals surface area (Å²) in [5.41, 5.74) is 7.15. The molecule has 0 radical (unpaired) electrons. The SMILES string of the molecule is CCOC(=O)C1=C(C)N=c2s/c(=C\c3cc(-c4ccccc4)n(-c4ccc(Br)cc4)c3-c3ccccc3)c(=O)n2[C@@H]1c1ccc(Cl)cc1. The Kier molecular flexibility index (Phi) is 8.88. The highest BCUT2D eigenvalue weighted by atomic mass is 79.9. The second-order valence-corrected chi connectivity index (χ2v) is 13.6. The predicted molar refractivity (Wildman–Crippen MR) is 196 cm³/mol. The summed E-state index contributed by atoms with van der Waals surface area (Å²) in [5, 5.41) is 0.558. The van der Waals surface area contributed by atoms with Crippen LogP contribution in [0, 0.1) is 0 Å². The first-order valence-electron chi connectivity index (χ1n) is 15.4. The van der Waals surface area contributed by atoms with E-state index in [-0.39, 0.29) is 12.2 Å². The van der Waals surface area contributed by atoms with Crippen LogP contribution in [0.2, 0.25) is 5.02 Å². The number of fused-ring (bicyclic) bond motifs is 1. The van der Waals surface area contributed by atoms with Crippen LogP contribution in [-0.4, -0.2) is 21.7 Å². The molecule has 3 heterocycles. The number of thiazole rings is 1. The van der Waals surface area contributed by atoms with E-state index in [0.717, 1.165) is 43.8 Å². The van der Waals surface area contributed by atoms with E-state index in [1.165, 1.54) is 11.3 Å². The molecule has 0 saturated carbocycles. The molecule has 1 aliphatic heterocycles. The molecule has 0 unspecified atom stereocenters. The number of allylic oxidation sites excluding steroid dienone is 1. The van der Waals surface area contributed by atoms with Gasteiger partial charge >= 0.3 is 5.97 Å². The Morgan fingerprint density at radius 3 is 2.23 bits per heavy atom. The van der Waals surface area contributed by atoms with E-state index >= 15 is 0 Å². The molecular weight excluding hydrogens is 706 g/mol. The van der Waals surface area contributed by atoms with Gasteiger partial charge in [-0.25, -0.2) is 9.79 Å². The predicted octanol–water partition coefficient (Wildman–Crippen LogP) is 8.34. The maximum absolute atomic E-state index is 14.5. The Hall–Kier alpha value is -4.76. The number of carbonyl (C=O) groups is 1. The van der Waals surface area contributed by atoms with Crippen LogP contribution in [0.25, 0.3) is 34.3 Å². The number of hydrogen-bond acceptors (Lipinski definition) is 5. The van der Waals surface area contributed by atoms with Crippen molar-refractivity contribution in [3.05, 3.63) is 167 Å². The first-order valence-corrected chi connectivity index (χ1v) is 17.4. The molecule has 0 bridgehead atoms. The van der Waals surface area contributed by atoms with Crippen molar-refractivity contribution >= 4 is 50.9 Å². The van der Waals surface area contributed by atoms with Crippen molar-refractivity contribution in [3.63, 3.8) is 0 Å². The number of halogens is 2. The minimum atomic E-state index is -0.722. The fourth-order valence-electron chi connectivity index (χ4n) is 6.10. The maximum Gasteiger partial charge on any atom is 0.338 e. The molecular formula is C39H29BrClN3O3S. The number of benzene rings is 4. The number of hydrogen-bond donors (Lipinski definition) is 0. The average molecular weight is 735 g/mol. The number of carbonyl (C=O) groups excluding carboxylic acids is 1. The van der Waals surface area contributed by atoms with Gasteiger partial charge in [0, 0.05) is 20.7 Å². The van der Waals surface area contributed by atoms with E-state index in [1.807, 2.05) is 66.7 Å². The van der Waals surface area contributed by atoms with Crippen LogP contribution in [0.3, 0.4) is 0 Å². The number of esters is 1. The summed E-state index contributed by atoms with van der Waals surface area (Å²) in [6, 6.07) is 37.2. The summed E-state index contributed by atoms with van der Waals surface area (Å²) < 4.78 is 10.8. The van der Waals surface area contributed by atoms with E-state index in [4.69, 9.17) is 21.3 Å². The van der Waals surface area contributed by atoms with Crippen molar-refractivity contribution < 1.29 is 9.53 Å². The average Bonchev–Trinajstić information content (AvgIpc) is 3.62. The van der Waals surface area contributed by atoms with Gasteiger partial charge in [0.1, 0.15) is 0 Å². The molecule has 6 aromatic rings. The largest absolute Gasteiger partial charge is 0.463 e. The van der Waals surface area contributed by atoms with E-state index in [1.54, 1.807) is 30.5 Å². The van der Waals surface area contributed by atoms with Crippen molar-refractivity contribution in [3.8, 4) is 28.2 Å². The fourth-order valence-corrected chi connectivity index (χ4v) is 7.53. The van der Waals surface area contributed by atoms with Crippen molar-refractivity contribution in [2.45, 2.75) is 19.9 Å². The number of ether oxygens (including phenoxy) is 1. The van der Waals surface area contributed by atoms with Crippen molar-refractivity contribution in [2.75, 3.05) is 6.61 Å². The smallest absolute Gasteiger partial charge is 0.338 e. The van der Waals surface area contributed by atoms with Gasteiger partial charge in [0.15, 0.2) is 4.80 Å². The van der Waals surface area contributed by atoms with Gasteiger partial charge in [-0.1, -0.05) is 112 Å². The molecule has 0 aliphatic carbocycles. The second kappa shape index (κ2) is 13.4. The first-order chi connectivity index (χ1) is 23.3. The molecule has 1 atom stereocenters. The molecule has 0 fully saturated rings. The first kappa shape index (κ1) is 31.8. The third-order valence-electron chi connectivity index (χ3n) is 8.22. The molecule has 48 heavy (non-hydrogen) atoms. The minimum absolute atomic E-state index is 0.203. The molecule has 7 rings (SSSR count). The third-order valence-corrected chi connectivity index (χ3v) is 9.98. The molecule has 238 valence electrons. The van der Waals surface area contributed by atoms with Crippen LogP contribution in [-0.2, 0) is 9.53 Å². The van der Waals surface area contributed by atoms with Crippen LogP contribution in [0.15, 0.2) is 141 Å². The summed E-state index contributed by atoms with van der Waals surface area (Å²) in [4.78, 5) is 33.1. The lowest BCUT2D eigenvalue weighted by Gasteiger charge is -2.24. The highest BCUT2D eigenvalue weighted by Crippen LogP contribution is 2.37. The van der Waals surface area contributed by atoms with Crippen molar-refractivity contribution in [1.29, 1.82) is 0 Å². The quantitative estimate of drug-likeness (QED) is 0.155. The maximum atomic E-state index is 14.5. The molecule has 4 aromatic carbocycles. The van der Waals surface area contributed by atoms with E-state index < -0.39 is 12.0 Å². The van der Waals surface area contributed by atoms with Gasteiger partial charge in [-0.15, -0.1) is 0 Å². The van der Waals surface area contributed by atoms with Gasteiger partial charge in [0.05, 0.1) is 39.8 Å². The zero-order valence-electron chi connectivity index (χ0n) is 26.1. The van der Waals surface area contributed by atoms with Gasteiger partial charge in [-0.2, -0.15) is 0 Å². The molecule has 1 aliphatic rings. The number of nitrogens with zero attached hydrogens (tertiary/aromatic N) is 3. The van der Waals surface area contributed by atoms with Crippen LogP contribution in [0.5, 0.6) is 0 Å². The number of aromatic nitrogens is 2. The Bertz CT molecular complexity index is 2360. The molecule has 0 saturated heterocycles. The van der Waals surface area contributed by atoms with E-state index in [2.05, 4.69) is 63.0 Å². The van der Waals surface area contributed by atoms with Crippen LogP contribution >= 0.6 is 38.9 Å². The van der Waals surface area contributed by atoms with Crippen molar-refractivity contribution in [2.24, 2.45) is 4.99 Å². The Balaban J connectivity index is 1.51. The molecule has 0 spiro atoms. The number of rotatable bonds is 7. The van der Waals surface area contributed by atoms with Crippen LogP contribution < -0.4 is 14.9 Å². The zero-order chi connectivity index (χ0) is 33.4. The Labute approximate surface area is 294 Å². The molecule has 0 amide bonds. The van der Waals surface area contributed by atoms with Gasteiger partial charge in [0.2, 0.25) is 0 Å². The monoisotopic (exact) mass is 733 g/mol. The summed E-state index contributed by atoms with van der Waals surface area (Å²) in [5.74, 6) is -0.501. The fraction of sp³-hybridized carbons (Fsp3) is 0.103. The summed E-state index contributed by atoms with van der Waals surface area (Å²) in [7, 11) is 0. The third kappa shape index (κ3) is 5.92. The van der Waals surface area contributed by atoms with Crippen LogP contribution in [0.1, 0.15) is 31.0 Å². The standard InChI is InChI=1S/C39H29BrClN3O3S/c1-3-47-38(46)34-24(2)42-39-44(36(34)27-14-18-30(41)19-15-27)37(45)33(48-39)23-28-22-32(25-10-6-4-7-11-25)43(31-20-16-29(40)17-21-31)35(28)26-12-8-5-9-13-26/h4-23,36H,3H2,1-2H3/b33-23-/t36-/m1/s1. The lowest BCUT2D eigenvalue weighted by Crippen LogP contribution is -2.39. The second-order valence-electron chi connectivity index (χ2n) is 11.2. The molecule has 6 nitrogen and oxygen atoms in total. The van der Waals surface area contributed by atoms with Gasteiger partial charge in [-0.05, 0) is 79.1 Å². The topological polar surface area (TPSA) is 65.6 Å². The Morgan fingerprint density at radius 1 is 0.938 bits per heavy atom. The van der Waals surface area contributed by atoms with E-state index in [0.29, 0.717) is 25.6 Å². The zero-order valence-corrected chi connectivity index (χ0v) is 29.2. The minimum Gasteiger partial charge on any atom is -0.463 e.